The Bertz CT molecular complexity index is 354. The van der Waals surface area contributed by atoms with Crippen LogP contribution in [0.3, 0.4) is 0 Å². The van der Waals surface area contributed by atoms with E-state index in [0.29, 0.717) is 17.5 Å². The van der Waals surface area contributed by atoms with Crippen LogP contribution < -0.4 is 0 Å². The molecule has 0 radical (unpaired) electrons. The monoisotopic (exact) mass is 360 g/mol. The van der Waals surface area contributed by atoms with Gasteiger partial charge in [-0.3, -0.25) is 0 Å². The van der Waals surface area contributed by atoms with Crippen LogP contribution in [0.5, 0.6) is 0 Å². The second kappa shape index (κ2) is 6.91. The van der Waals surface area contributed by atoms with Gasteiger partial charge in [0.25, 0.3) is 0 Å². The van der Waals surface area contributed by atoms with Gasteiger partial charge < -0.3 is 4.74 Å². The molecule has 1 fully saturated rings. The van der Waals surface area contributed by atoms with Gasteiger partial charge in [0.05, 0.1) is 12.7 Å². The Morgan fingerprint density at radius 3 is 2.71 bits per heavy atom. The molecule has 3 heteroatoms. The Morgan fingerprint density at radius 2 is 1.88 bits per heavy atom. The molecule has 94 valence electrons. The highest BCUT2D eigenvalue weighted by Gasteiger charge is 2.21. The molecular weight excluding hydrogens is 344 g/mol. The third kappa shape index (κ3) is 4.08. The lowest BCUT2D eigenvalue weighted by molar-refractivity contribution is 0.0358. The number of ether oxygens (including phenoxy) is 1. The first-order chi connectivity index (χ1) is 8.27. The van der Waals surface area contributed by atoms with E-state index in [2.05, 4.69) is 50.1 Å². The third-order valence-corrected chi connectivity index (χ3v) is 5.10. The van der Waals surface area contributed by atoms with Gasteiger partial charge in [0.2, 0.25) is 0 Å². The lowest BCUT2D eigenvalue weighted by Crippen LogP contribution is -2.22. The van der Waals surface area contributed by atoms with Crippen LogP contribution in [0.2, 0.25) is 0 Å². The SMILES string of the molecule is Brc1ccccc1COC1CCCCCC1Br. The quantitative estimate of drug-likeness (QED) is 0.540. The summed E-state index contributed by atoms with van der Waals surface area (Å²) in [6.07, 6.45) is 6.75. The average Bonchev–Trinajstić information content (AvgIpc) is 2.53. The molecule has 2 atom stereocenters. The van der Waals surface area contributed by atoms with Crippen molar-refractivity contribution in [2.45, 2.75) is 49.6 Å². The predicted molar refractivity (Wildman–Crippen MR) is 78.5 cm³/mol. The molecule has 0 heterocycles. The van der Waals surface area contributed by atoms with Gasteiger partial charge in [0.1, 0.15) is 0 Å². The molecule has 1 aromatic carbocycles. The van der Waals surface area contributed by atoms with Crippen molar-refractivity contribution in [3.63, 3.8) is 0 Å². The Balaban J connectivity index is 1.90. The average molecular weight is 362 g/mol. The van der Waals surface area contributed by atoms with Gasteiger partial charge in [-0.2, -0.15) is 0 Å². The highest BCUT2D eigenvalue weighted by molar-refractivity contribution is 9.10. The summed E-state index contributed by atoms with van der Waals surface area (Å²) in [5, 5.41) is 0. The molecule has 0 aliphatic heterocycles. The van der Waals surface area contributed by atoms with Crippen molar-refractivity contribution in [2.75, 3.05) is 0 Å². The smallest absolute Gasteiger partial charge is 0.0732 e. The van der Waals surface area contributed by atoms with Gasteiger partial charge in [-0.25, -0.2) is 0 Å². The van der Waals surface area contributed by atoms with E-state index in [4.69, 9.17) is 4.74 Å². The highest BCUT2D eigenvalue weighted by atomic mass is 79.9. The Morgan fingerprint density at radius 1 is 1.12 bits per heavy atom. The molecule has 0 amide bonds. The van der Waals surface area contributed by atoms with E-state index in [1.807, 2.05) is 6.07 Å². The number of hydrogen-bond acceptors (Lipinski definition) is 1. The van der Waals surface area contributed by atoms with E-state index in [9.17, 15) is 0 Å². The van der Waals surface area contributed by atoms with Crippen molar-refractivity contribution in [1.82, 2.24) is 0 Å². The molecule has 1 aliphatic carbocycles. The van der Waals surface area contributed by atoms with Gasteiger partial charge in [0, 0.05) is 9.30 Å². The van der Waals surface area contributed by atoms with E-state index >= 15 is 0 Å². The van der Waals surface area contributed by atoms with Crippen LogP contribution in [-0.4, -0.2) is 10.9 Å². The first-order valence-electron chi connectivity index (χ1n) is 6.26. The summed E-state index contributed by atoms with van der Waals surface area (Å²) in [6.45, 7) is 0.703. The van der Waals surface area contributed by atoms with Crippen molar-refractivity contribution >= 4 is 31.9 Å². The van der Waals surface area contributed by atoms with Gasteiger partial charge in [-0.1, -0.05) is 69.3 Å². The van der Waals surface area contributed by atoms with Crippen LogP contribution in [-0.2, 0) is 11.3 Å². The third-order valence-electron chi connectivity index (χ3n) is 3.28. The maximum atomic E-state index is 6.07. The molecule has 17 heavy (non-hydrogen) atoms. The Labute approximate surface area is 120 Å². The molecule has 0 N–H and O–H groups in total. The van der Waals surface area contributed by atoms with E-state index < -0.39 is 0 Å². The summed E-state index contributed by atoms with van der Waals surface area (Å²) in [5.74, 6) is 0. The number of halogens is 2. The lowest BCUT2D eigenvalue weighted by atomic mass is 10.1. The molecule has 0 aromatic heterocycles. The van der Waals surface area contributed by atoms with Crippen molar-refractivity contribution in [1.29, 1.82) is 0 Å². The predicted octanol–water partition coefficient (Wildman–Crippen LogP) is 5.06. The second-order valence-corrected chi connectivity index (χ2v) is 6.63. The minimum atomic E-state index is 0.365. The lowest BCUT2D eigenvalue weighted by Gasteiger charge is -2.21. The molecule has 1 aliphatic rings. The zero-order valence-corrected chi connectivity index (χ0v) is 13.0. The molecule has 0 spiro atoms. The van der Waals surface area contributed by atoms with Crippen molar-refractivity contribution in [3.05, 3.63) is 34.3 Å². The van der Waals surface area contributed by atoms with E-state index in [-0.39, 0.29) is 0 Å². The van der Waals surface area contributed by atoms with Crippen LogP contribution in [0.1, 0.15) is 37.7 Å². The van der Waals surface area contributed by atoms with E-state index in [1.165, 1.54) is 37.7 Å². The summed E-state index contributed by atoms with van der Waals surface area (Å²) >= 11 is 7.32. The molecular formula is C14H18Br2O. The molecule has 2 unspecified atom stereocenters. The summed E-state index contributed by atoms with van der Waals surface area (Å²) in [5.41, 5.74) is 1.23. The fraction of sp³-hybridized carbons (Fsp3) is 0.571. The Hall–Kier alpha value is 0.140. The molecule has 0 bridgehead atoms. The number of benzene rings is 1. The van der Waals surface area contributed by atoms with E-state index in [0.717, 1.165) is 4.47 Å². The zero-order chi connectivity index (χ0) is 12.1. The first-order valence-corrected chi connectivity index (χ1v) is 7.97. The molecule has 0 saturated heterocycles. The minimum absolute atomic E-state index is 0.365. The summed E-state index contributed by atoms with van der Waals surface area (Å²) in [6, 6.07) is 8.27. The van der Waals surface area contributed by atoms with Crippen LogP contribution in [0.15, 0.2) is 28.7 Å². The van der Waals surface area contributed by atoms with Gasteiger partial charge >= 0.3 is 0 Å². The Kier molecular flexibility index (Phi) is 5.51. The molecule has 1 aromatic rings. The number of hydrogen-bond donors (Lipinski definition) is 0. The maximum absolute atomic E-state index is 6.07. The van der Waals surface area contributed by atoms with Gasteiger partial charge in [-0.05, 0) is 24.5 Å². The van der Waals surface area contributed by atoms with Crippen molar-refractivity contribution in [2.24, 2.45) is 0 Å². The van der Waals surface area contributed by atoms with Crippen LogP contribution >= 0.6 is 31.9 Å². The van der Waals surface area contributed by atoms with Crippen LogP contribution in [0, 0.1) is 0 Å². The normalized spacial score (nSPS) is 25.5. The summed E-state index contributed by atoms with van der Waals surface area (Å²) < 4.78 is 7.20. The zero-order valence-electron chi connectivity index (χ0n) is 9.87. The molecule has 2 rings (SSSR count). The van der Waals surface area contributed by atoms with Gasteiger partial charge in [-0.15, -0.1) is 0 Å². The fourth-order valence-electron chi connectivity index (χ4n) is 2.23. The molecule has 1 nitrogen and oxygen atoms in total. The van der Waals surface area contributed by atoms with Crippen molar-refractivity contribution in [3.8, 4) is 0 Å². The van der Waals surface area contributed by atoms with Gasteiger partial charge in [0.15, 0.2) is 0 Å². The van der Waals surface area contributed by atoms with E-state index in [1.54, 1.807) is 0 Å². The summed E-state index contributed by atoms with van der Waals surface area (Å²) in [4.78, 5) is 0.521. The van der Waals surface area contributed by atoms with Crippen LogP contribution in [0.25, 0.3) is 0 Å². The minimum Gasteiger partial charge on any atom is -0.372 e. The largest absolute Gasteiger partial charge is 0.372 e. The van der Waals surface area contributed by atoms with Crippen molar-refractivity contribution < 1.29 is 4.74 Å². The first kappa shape index (κ1) is 13.6. The second-order valence-electron chi connectivity index (χ2n) is 4.59. The highest BCUT2D eigenvalue weighted by Crippen LogP contribution is 2.27. The fourth-order valence-corrected chi connectivity index (χ4v) is 3.37. The number of alkyl halides is 1. The standard InChI is InChI=1S/C14H18Br2O/c15-12-7-5-4-6-11(12)10-17-14-9-3-1-2-8-13(14)16/h4-7,13-14H,1-3,8-10H2. The topological polar surface area (TPSA) is 9.23 Å². The number of rotatable bonds is 3. The van der Waals surface area contributed by atoms with Crippen LogP contribution in [0.4, 0.5) is 0 Å². The molecule has 1 saturated carbocycles. The maximum Gasteiger partial charge on any atom is 0.0732 e. The summed E-state index contributed by atoms with van der Waals surface area (Å²) in [7, 11) is 0.